The molecule has 5 heteroatoms. The minimum absolute atomic E-state index is 0.299. The summed E-state index contributed by atoms with van der Waals surface area (Å²) in [6.07, 6.45) is 2.21. The molecule has 0 bridgehead atoms. The molecule has 2 heterocycles. The topological polar surface area (TPSA) is 41.7 Å². The largest absolute Gasteiger partial charge is 0.373 e. The highest BCUT2D eigenvalue weighted by Gasteiger charge is 2.30. The molecule has 0 aromatic heterocycles. The normalized spacial score (nSPS) is 34.1. The van der Waals surface area contributed by atoms with Gasteiger partial charge in [0.1, 0.15) is 0 Å². The first-order valence-electron chi connectivity index (χ1n) is 5.39. The van der Waals surface area contributed by atoms with Crippen LogP contribution in [0.4, 0.5) is 0 Å². The Kier molecular flexibility index (Phi) is 3.91. The molecule has 15 heavy (non-hydrogen) atoms. The van der Waals surface area contributed by atoms with Gasteiger partial charge in [0.15, 0.2) is 0 Å². The summed E-state index contributed by atoms with van der Waals surface area (Å²) in [4.78, 5) is 2.23. The predicted molar refractivity (Wildman–Crippen MR) is 63.5 cm³/mol. The van der Waals surface area contributed by atoms with E-state index in [1.54, 1.807) is 0 Å². The van der Waals surface area contributed by atoms with Crippen LogP contribution in [-0.4, -0.2) is 59.8 Å². The number of hydrazine groups is 1. The number of morpholine rings is 1. The van der Waals surface area contributed by atoms with E-state index in [4.69, 9.17) is 10.6 Å². The summed E-state index contributed by atoms with van der Waals surface area (Å²) in [6, 6.07) is 0. The molecule has 0 aromatic rings. The summed E-state index contributed by atoms with van der Waals surface area (Å²) in [5, 5.41) is 2.41. The van der Waals surface area contributed by atoms with Crippen LogP contribution in [0.3, 0.4) is 0 Å². The number of nitrogens with two attached hydrogens (primary N) is 1. The molecule has 0 saturated carbocycles. The third-order valence-electron chi connectivity index (χ3n) is 2.92. The van der Waals surface area contributed by atoms with Gasteiger partial charge in [0.2, 0.25) is 0 Å². The summed E-state index contributed by atoms with van der Waals surface area (Å²) in [5.41, 5.74) is 0. The lowest BCUT2D eigenvalue weighted by atomic mass is 10.2. The minimum Gasteiger partial charge on any atom is -0.373 e. The number of rotatable bonds is 2. The smallest absolute Gasteiger partial charge is 0.0881 e. The van der Waals surface area contributed by atoms with Crippen LogP contribution in [0.25, 0.3) is 0 Å². The Hall–Kier alpha value is -0.230. The number of nitrogens with zero attached hydrogens (tertiary/aromatic N) is 2. The molecular formula is C10H19N3OS. The van der Waals surface area contributed by atoms with E-state index < -0.39 is 0 Å². The van der Waals surface area contributed by atoms with Crippen molar-refractivity contribution in [1.82, 2.24) is 9.91 Å². The van der Waals surface area contributed by atoms with E-state index in [2.05, 4.69) is 11.5 Å². The molecule has 0 aromatic carbocycles. The zero-order valence-electron chi connectivity index (χ0n) is 8.97. The fraction of sp³-hybridized carbons (Fsp3) is 0.800. The third kappa shape index (κ3) is 2.87. The zero-order valence-corrected chi connectivity index (χ0v) is 9.79. The van der Waals surface area contributed by atoms with Gasteiger partial charge in [-0.2, -0.15) is 11.8 Å². The van der Waals surface area contributed by atoms with Crippen LogP contribution in [0.5, 0.6) is 0 Å². The van der Waals surface area contributed by atoms with E-state index in [-0.39, 0.29) is 0 Å². The van der Waals surface area contributed by atoms with Crippen molar-refractivity contribution < 1.29 is 4.74 Å². The van der Waals surface area contributed by atoms with Crippen molar-refractivity contribution in [3.8, 4) is 0 Å². The van der Waals surface area contributed by atoms with Gasteiger partial charge in [0.05, 0.1) is 12.7 Å². The maximum Gasteiger partial charge on any atom is 0.0881 e. The molecule has 2 unspecified atom stereocenters. The standard InChI is InChI=1S/C10H19N3OS/c1-2-12-3-5-14-9(7-12)10-8-13(11)4-6-15-10/h2,9-10H,1,3-8,11H2. The fourth-order valence-electron chi connectivity index (χ4n) is 2.01. The minimum atomic E-state index is 0.299. The quantitative estimate of drug-likeness (QED) is 0.681. The Morgan fingerprint density at radius 1 is 1.40 bits per heavy atom. The van der Waals surface area contributed by atoms with Gasteiger partial charge in [0.25, 0.3) is 0 Å². The number of hydrogen-bond acceptors (Lipinski definition) is 5. The third-order valence-corrected chi connectivity index (χ3v) is 4.22. The van der Waals surface area contributed by atoms with E-state index in [0.717, 1.165) is 38.5 Å². The maximum absolute atomic E-state index is 5.83. The molecule has 0 spiro atoms. The Bertz CT molecular complexity index is 227. The maximum atomic E-state index is 5.83. The fourth-order valence-corrected chi connectivity index (χ4v) is 3.33. The van der Waals surface area contributed by atoms with E-state index in [1.165, 1.54) is 0 Å². The molecule has 0 radical (unpaired) electrons. The lowest BCUT2D eigenvalue weighted by Gasteiger charge is -2.39. The molecule has 2 aliphatic heterocycles. The second-order valence-electron chi connectivity index (χ2n) is 3.99. The number of hydrogen-bond donors (Lipinski definition) is 1. The first-order valence-corrected chi connectivity index (χ1v) is 6.44. The van der Waals surface area contributed by atoms with Gasteiger partial charge >= 0.3 is 0 Å². The average molecular weight is 229 g/mol. The first-order chi connectivity index (χ1) is 7.29. The molecule has 2 N–H and O–H groups in total. The van der Waals surface area contributed by atoms with Gasteiger partial charge in [-0.15, -0.1) is 0 Å². The monoisotopic (exact) mass is 229 g/mol. The highest BCUT2D eigenvalue weighted by atomic mass is 32.2. The van der Waals surface area contributed by atoms with E-state index >= 15 is 0 Å². The summed E-state index contributed by atoms with van der Waals surface area (Å²) in [6.45, 7) is 8.44. The van der Waals surface area contributed by atoms with Crippen LogP contribution in [0.1, 0.15) is 0 Å². The summed E-state index contributed by atoms with van der Waals surface area (Å²) in [7, 11) is 0. The van der Waals surface area contributed by atoms with Crippen molar-refractivity contribution in [2.75, 3.05) is 38.5 Å². The molecule has 2 rings (SSSR count). The van der Waals surface area contributed by atoms with E-state index in [9.17, 15) is 0 Å². The van der Waals surface area contributed by atoms with Crippen LogP contribution in [0, 0.1) is 0 Å². The number of thioether (sulfide) groups is 1. The molecule has 2 saturated heterocycles. The van der Waals surface area contributed by atoms with Crippen molar-refractivity contribution in [2.45, 2.75) is 11.4 Å². The first kappa shape index (κ1) is 11.3. The molecule has 2 fully saturated rings. The van der Waals surface area contributed by atoms with Crippen molar-refractivity contribution in [2.24, 2.45) is 5.84 Å². The molecule has 4 nitrogen and oxygen atoms in total. The van der Waals surface area contributed by atoms with E-state index in [0.29, 0.717) is 11.4 Å². The Morgan fingerprint density at radius 2 is 2.27 bits per heavy atom. The van der Waals surface area contributed by atoms with Crippen molar-refractivity contribution in [3.63, 3.8) is 0 Å². The predicted octanol–water partition coefficient (Wildman–Crippen LogP) is 0.122. The van der Waals surface area contributed by atoms with Crippen molar-refractivity contribution in [1.29, 1.82) is 0 Å². The molecule has 2 atom stereocenters. The van der Waals surface area contributed by atoms with Crippen molar-refractivity contribution in [3.05, 3.63) is 12.8 Å². The highest BCUT2D eigenvalue weighted by molar-refractivity contribution is 8.00. The Balaban J connectivity index is 1.88. The van der Waals surface area contributed by atoms with Crippen molar-refractivity contribution >= 4 is 11.8 Å². The number of ether oxygens (including phenoxy) is 1. The second kappa shape index (κ2) is 5.21. The summed E-state index contributed by atoms with van der Waals surface area (Å²) < 4.78 is 5.81. The van der Waals surface area contributed by atoms with Crippen LogP contribution >= 0.6 is 11.8 Å². The summed E-state index contributed by atoms with van der Waals surface area (Å²) >= 11 is 1.98. The van der Waals surface area contributed by atoms with Gasteiger partial charge < -0.3 is 9.64 Å². The molecule has 0 aliphatic carbocycles. The second-order valence-corrected chi connectivity index (χ2v) is 5.34. The summed E-state index contributed by atoms with van der Waals surface area (Å²) in [5.74, 6) is 6.94. The van der Waals surface area contributed by atoms with E-state index in [1.807, 2.05) is 23.0 Å². The SMILES string of the molecule is C=CN1CCOC(C2CN(N)CCS2)C1. The van der Waals surface area contributed by atoms with Gasteiger partial charge in [0, 0.05) is 37.2 Å². The average Bonchev–Trinajstić information content (AvgIpc) is 2.29. The molecule has 2 aliphatic rings. The van der Waals surface area contributed by atoms with Crippen LogP contribution < -0.4 is 5.84 Å². The van der Waals surface area contributed by atoms with Crippen LogP contribution in [0.15, 0.2) is 12.8 Å². The van der Waals surface area contributed by atoms with Crippen LogP contribution in [0.2, 0.25) is 0 Å². The molecule has 0 amide bonds. The Morgan fingerprint density at radius 3 is 3.00 bits per heavy atom. The van der Waals surface area contributed by atoms with Gasteiger partial charge in [-0.1, -0.05) is 6.58 Å². The lowest BCUT2D eigenvalue weighted by Crippen LogP contribution is -2.52. The molecule has 86 valence electrons. The zero-order chi connectivity index (χ0) is 10.7. The van der Waals surface area contributed by atoms with Crippen LogP contribution in [-0.2, 0) is 4.74 Å². The van der Waals surface area contributed by atoms with Gasteiger partial charge in [-0.05, 0) is 6.20 Å². The highest BCUT2D eigenvalue weighted by Crippen LogP contribution is 2.24. The lowest BCUT2D eigenvalue weighted by molar-refractivity contribution is -0.0176. The van der Waals surface area contributed by atoms with Gasteiger partial charge in [-0.25, -0.2) is 5.01 Å². The Labute approximate surface area is 95.4 Å². The van der Waals surface area contributed by atoms with Gasteiger partial charge in [-0.3, -0.25) is 5.84 Å². The molecular weight excluding hydrogens is 210 g/mol.